The van der Waals surface area contributed by atoms with E-state index in [0.717, 1.165) is 37.1 Å². The normalized spacial score (nSPS) is 12.4. The van der Waals surface area contributed by atoms with Crippen LogP contribution in [0, 0.1) is 0 Å². The van der Waals surface area contributed by atoms with Crippen LogP contribution in [0.5, 0.6) is 34.8 Å². The Hall–Kier alpha value is -5.54. The zero-order chi connectivity index (χ0) is 36.9. The molecule has 0 saturated heterocycles. The van der Waals surface area contributed by atoms with Crippen molar-refractivity contribution in [2.45, 2.75) is 58.2 Å². The molecule has 0 aliphatic carbocycles. The lowest BCUT2D eigenvalue weighted by Gasteiger charge is -2.14. The van der Waals surface area contributed by atoms with Gasteiger partial charge in [0.05, 0.1) is 17.7 Å². The van der Waals surface area contributed by atoms with Gasteiger partial charge in [0.25, 0.3) is 0 Å². The molecule has 2 aromatic carbocycles. The summed E-state index contributed by atoms with van der Waals surface area (Å²) in [6.07, 6.45) is -7.55. The summed E-state index contributed by atoms with van der Waals surface area (Å²) < 4.78 is 101. The lowest BCUT2D eigenvalue weighted by Crippen LogP contribution is -2.26. The standard InChI is InChI=1S/C19H20F3NO4.C15H12F3NO4/c1-3-4-11-25-18(24)13(2)26-15-6-8-16(9-7-15)27-17-10-5-14(12-23-17)19(20,21)22;1-9(14(20)21)22-11-3-5-12(6-4-11)23-13-7-2-10(8-19-13)15(16,17)18/h5-10,12-13H,3-4,11H2,1-2H3;2-9H,1H3,(H,20,21)/t;9-/m.1/s1. The number of carbonyl (C=O) groups excluding carboxylic acids is 1. The smallest absolute Gasteiger partial charge is 0.417 e. The van der Waals surface area contributed by atoms with Gasteiger partial charge in [0, 0.05) is 24.5 Å². The highest BCUT2D eigenvalue weighted by Gasteiger charge is 2.31. The second-order valence-electron chi connectivity index (χ2n) is 10.3. The van der Waals surface area contributed by atoms with Crippen molar-refractivity contribution in [1.82, 2.24) is 9.97 Å². The number of esters is 1. The maximum Gasteiger partial charge on any atom is 0.417 e. The predicted molar refractivity (Wildman–Crippen MR) is 165 cm³/mol. The third-order valence-corrected chi connectivity index (χ3v) is 6.27. The van der Waals surface area contributed by atoms with Gasteiger partial charge < -0.3 is 28.8 Å². The molecule has 16 heteroatoms. The summed E-state index contributed by atoms with van der Waals surface area (Å²) in [6, 6.07) is 16.2. The van der Waals surface area contributed by atoms with Gasteiger partial charge in [0.2, 0.25) is 11.8 Å². The van der Waals surface area contributed by atoms with Gasteiger partial charge >= 0.3 is 24.3 Å². The molecule has 0 saturated carbocycles. The van der Waals surface area contributed by atoms with Crippen LogP contribution >= 0.6 is 0 Å². The average molecular weight is 711 g/mol. The minimum absolute atomic E-state index is 0.00516. The van der Waals surface area contributed by atoms with E-state index in [1.54, 1.807) is 31.2 Å². The van der Waals surface area contributed by atoms with E-state index < -0.39 is 47.6 Å². The summed E-state index contributed by atoms with van der Waals surface area (Å²) in [7, 11) is 0. The van der Waals surface area contributed by atoms with Crippen molar-refractivity contribution in [2.24, 2.45) is 0 Å². The number of hydrogen-bond acceptors (Lipinski definition) is 9. The maximum absolute atomic E-state index is 12.5. The number of pyridine rings is 2. The van der Waals surface area contributed by atoms with Gasteiger partial charge in [-0.05, 0) is 80.9 Å². The van der Waals surface area contributed by atoms with Crippen molar-refractivity contribution < 1.29 is 64.7 Å². The number of benzene rings is 2. The lowest BCUT2D eigenvalue weighted by atomic mass is 10.3. The van der Waals surface area contributed by atoms with E-state index in [1.165, 1.54) is 31.2 Å². The molecule has 1 unspecified atom stereocenters. The van der Waals surface area contributed by atoms with E-state index in [-0.39, 0.29) is 11.8 Å². The third-order valence-electron chi connectivity index (χ3n) is 6.27. The van der Waals surface area contributed by atoms with Gasteiger partial charge in [0.1, 0.15) is 23.0 Å². The first-order valence-electron chi connectivity index (χ1n) is 14.9. The van der Waals surface area contributed by atoms with Crippen LogP contribution in [0.4, 0.5) is 26.3 Å². The van der Waals surface area contributed by atoms with Crippen LogP contribution in [-0.2, 0) is 26.7 Å². The van der Waals surface area contributed by atoms with Gasteiger partial charge in [-0.3, -0.25) is 0 Å². The number of aliphatic carboxylic acids is 1. The molecule has 2 heterocycles. The second-order valence-corrected chi connectivity index (χ2v) is 10.3. The van der Waals surface area contributed by atoms with E-state index in [4.69, 9.17) is 28.8 Å². The van der Waals surface area contributed by atoms with E-state index in [2.05, 4.69) is 9.97 Å². The topological polar surface area (TPSA) is 126 Å². The van der Waals surface area contributed by atoms with Gasteiger partial charge in [0.15, 0.2) is 12.2 Å². The van der Waals surface area contributed by atoms with Crippen molar-refractivity contribution in [3.05, 3.63) is 96.3 Å². The number of carbonyl (C=O) groups is 2. The molecule has 0 fully saturated rings. The first kappa shape index (κ1) is 38.9. The molecule has 0 bridgehead atoms. The Morgan fingerprint density at radius 2 is 1.06 bits per heavy atom. The van der Waals surface area contributed by atoms with Crippen LogP contribution < -0.4 is 18.9 Å². The molecular formula is C34H32F6N2O8. The number of nitrogens with zero attached hydrogens (tertiary/aromatic N) is 2. The molecule has 268 valence electrons. The Bertz CT molecular complexity index is 1650. The van der Waals surface area contributed by atoms with Crippen LogP contribution in [0.3, 0.4) is 0 Å². The first-order chi connectivity index (χ1) is 23.5. The Balaban J connectivity index is 0.000000274. The van der Waals surface area contributed by atoms with Crippen LogP contribution in [0.1, 0.15) is 44.7 Å². The van der Waals surface area contributed by atoms with Crippen LogP contribution in [0.15, 0.2) is 85.2 Å². The van der Waals surface area contributed by atoms with Crippen LogP contribution in [-0.4, -0.2) is 45.8 Å². The molecule has 0 aliphatic rings. The summed E-state index contributed by atoms with van der Waals surface area (Å²) in [5.41, 5.74) is -1.71. The van der Waals surface area contributed by atoms with Crippen molar-refractivity contribution in [2.75, 3.05) is 6.61 Å². The number of aromatic nitrogens is 2. The fraction of sp³-hybridized carbons (Fsp3) is 0.294. The molecule has 0 radical (unpaired) electrons. The molecule has 0 aliphatic heterocycles. The number of carboxylic acid groups (broad SMARTS) is 1. The van der Waals surface area contributed by atoms with Crippen LogP contribution in [0.25, 0.3) is 0 Å². The summed E-state index contributed by atoms with van der Waals surface area (Å²) in [5, 5.41) is 8.73. The Morgan fingerprint density at radius 1 is 0.660 bits per heavy atom. The summed E-state index contributed by atoms with van der Waals surface area (Å²) >= 11 is 0. The number of carboxylic acids is 1. The van der Waals surface area contributed by atoms with Gasteiger partial charge in [-0.25, -0.2) is 19.6 Å². The fourth-order valence-electron chi connectivity index (χ4n) is 3.57. The van der Waals surface area contributed by atoms with Gasteiger partial charge in [-0.1, -0.05) is 13.3 Å². The van der Waals surface area contributed by atoms with Crippen molar-refractivity contribution in [1.29, 1.82) is 0 Å². The van der Waals surface area contributed by atoms with Crippen molar-refractivity contribution in [3.8, 4) is 34.8 Å². The first-order valence-corrected chi connectivity index (χ1v) is 14.9. The predicted octanol–water partition coefficient (Wildman–Crippen LogP) is 8.75. The fourth-order valence-corrected chi connectivity index (χ4v) is 3.57. The summed E-state index contributed by atoms with van der Waals surface area (Å²) in [5.74, 6) is -0.0530. The Labute approximate surface area is 282 Å². The van der Waals surface area contributed by atoms with Gasteiger partial charge in [-0.2, -0.15) is 26.3 Å². The number of alkyl halides is 6. The highest BCUT2D eigenvalue weighted by atomic mass is 19.4. The molecule has 50 heavy (non-hydrogen) atoms. The Morgan fingerprint density at radius 3 is 1.40 bits per heavy atom. The molecular weight excluding hydrogens is 678 g/mol. The van der Waals surface area contributed by atoms with E-state index >= 15 is 0 Å². The molecule has 2 atom stereocenters. The average Bonchev–Trinajstić information content (AvgIpc) is 3.06. The van der Waals surface area contributed by atoms with E-state index in [9.17, 15) is 35.9 Å². The number of hydrogen-bond donors (Lipinski definition) is 1. The summed E-state index contributed by atoms with van der Waals surface area (Å²) in [6.45, 7) is 5.33. The zero-order valence-corrected chi connectivity index (χ0v) is 26.8. The number of halogens is 6. The molecule has 0 spiro atoms. The number of rotatable bonds is 13. The molecule has 1 N–H and O–H groups in total. The lowest BCUT2D eigenvalue weighted by molar-refractivity contribution is -0.151. The highest BCUT2D eigenvalue weighted by Crippen LogP contribution is 2.32. The van der Waals surface area contributed by atoms with Crippen LogP contribution in [0.2, 0.25) is 0 Å². The molecule has 0 amide bonds. The Kier molecular flexibility index (Phi) is 13.8. The highest BCUT2D eigenvalue weighted by molar-refractivity contribution is 5.74. The minimum Gasteiger partial charge on any atom is -0.479 e. The molecule has 4 aromatic rings. The molecule has 2 aromatic heterocycles. The molecule has 4 rings (SSSR count). The summed E-state index contributed by atoms with van der Waals surface area (Å²) in [4.78, 5) is 29.7. The minimum atomic E-state index is -4.45. The number of unbranched alkanes of at least 4 members (excludes halogenated alkanes) is 1. The maximum atomic E-state index is 12.5. The zero-order valence-electron chi connectivity index (χ0n) is 26.8. The van der Waals surface area contributed by atoms with E-state index in [1.807, 2.05) is 6.92 Å². The SMILES string of the molecule is CCCCOC(=O)C(C)Oc1ccc(Oc2ccc(C(F)(F)F)cn2)cc1.C[C@@H](Oc1ccc(Oc2ccc(C(F)(F)F)cn2)cc1)C(=O)O. The van der Waals surface area contributed by atoms with E-state index in [0.29, 0.717) is 42.0 Å². The monoisotopic (exact) mass is 710 g/mol. The van der Waals surface area contributed by atoms with Crippen molar-refractivity contribution in [3.63, 3.8) is 0 Å². The van der Waals surface area contributed by atoms with Crippen molar-refractivity contribution >= 4 is 11.9 Å². The quantitative estimate of drug-likeness (QED) is 0.0818. The number of ether oxygens (including phenoxy) is 5. The third kappa shape index (κ3) is 12.8. The molecule has 10 nitrogen and oxygen atoms in total. The van der Waals surface area contributed by atoms with Gasteiger partial charge in [-0.15, -0.1) is 0 Å². The second kappa shape index (κ2) is 17.7. The largest absolute Gasteiger partial charge is 0.479 e.